The lowest BCUT2D eigenvalue weighted by molar-refractivity contribution is -0.133. The highest BCUT2D eigenvalue weighted by Crippen LogP contribution is 2.19. The fourth-order valence-corrected chi connectivity index (χ4v) is 2.09. The Balaban J connectivity index is 2.12. The number of carbonyl (C=O) groups excluding carboxylic acids is 2. The average Bonchev–Trinajstić information content (AvgIpc) is 2.99. The molecule has 0 saturated carbocycles. The van der Waals surface area contributed by atoms with Gasteiger partial charge < -0.3 is 0 Å². The van der Waals surface area contributed by atoms with Crippen molar-refractivity contribution in [1.82, 2.24) is 15.9 Å². The smallest absolute Gasteiger partial charge is 0.258 e. The van der Waals surface area contributed by atoms with E-state index in [4.69, 9.17) is 10.5 Å². The lowest BCUT2D eigenvalue weighted by atomic mass is 10.1. The molecule has 0 radical (unpaired) electrons. The molecule has 1 aromatic rings. The Bertz CT molecular complexity index is 701. The molecule has 2 N–H and O–H groups in total. The molecule has 8 nitrogen and oxygen atoms in total. The van der Waals surface area contributed by atoms with E-state index in [0.29, 0.717) is 12.1 Å². The first kappa shape index (κ1) is 16.1. The van der Waals surface area contributed by atoms with Crippen LogP contribution in [-0.4, -0.2) is 28.7 Å². The molecule has 2 rings (SSSR count). The van der Waals surface area contributed by atoms with E-state index in [2.05, 4.69) is 16.0 Å². The van der Waals surface area contributed by atoms with Crippen LogP contribution in [0.2, 0.25) is 0 Å². The molecule has 0 bridgehead atoms. The molecule has 0 unspecified atom stereocenters. The molecule has 1 heterocycles. The van der Waals surface area contributed by atoms with Gasteiger partial charge in [-0.25, -0.2) is 10.4 Å². The standard InChI is InChI=1S/C15H14N6O2/c16-8-6-14(22)19-18-13-10-12(11-4-2-1-3-5-11)20-21(13)15(23)7-9-17/h1-5,13,18H,6-7,10H2,(H,19,22)/t13-/m0/s1. The minimum atomic E-state index is -0.603. The van der Waals surface area contributed by atoms with Crippen LogP contribution in [0.5, 0.6) is 0 Å². The molecule has 0 spiro atoms. The molecule has 0 aliphatic carbocycles. The van der Waals surface area contributed by atoms with Crippen molar-refractivity contribution in [2.24, 2.45) is 5.10 Å². The number of nitriles is 2. The van der Waals surface area contributed by atoms with Crippen molar-refractivity contribution in [1.29, 1.82) is 10.5 Å². The van der Waals surface area contributed by atoms with Gasteiger partial charge in [-0.15, -0.1) is 0 Å². The summed E-state index contributed by atoms with van der Waals surface area (Å²) in [5, 5.41) is 22.6. The number of hydrazone groups is 1. The first-order valence-corrected chi connectivity index (χ1v) is 6.89. The van der Waals surface area contributed by atoms with Gasteiger partial charge in [-0.2, -0.15) is 15.6 Å². The Morgan fingerprint density at radius 1 is 1.22 bits per heavy atom. The molecule has 0 saturated heterocycles. The number of carbonyl (C=O) groups is 2. The van der Waals surface area contributed by atoms with Gasteiger partial charge in [-0.1, -0.05) is 30.3 Å². The van der Waals surface area contributed by atoms with E-state index in [0.717, 1.165) is 10.6 Å². The maximum absolute atomic E-state index is 12.0. The summed E-state index contributed by atoms with van der Waals surface area (Å²) in [5.41, 5.74) is 6.58. The van der Waals surface area contributed by atoms with Crippen LogP contribution in [0.3, 0.4) is 0 Å². The van der Waals surface area contributed by atoms with Crippen LogP contribution in [0.15, 0.2) is 35.4 Å². The van der Waals surface area contributed by atoms with Crippen LogP contribution < -0.4 is 10.9 Å². The SMILES string of the molecule is N#CCC(=O)NN[C@@H]1CC(c2ccccc2)=NN1C(=O)CC#N. The maximum Gasteiger partial charge on any atom is 0.258 e. The van der Waals surface area contributed by atoms with Gasteiger partial charge in [-0.3, -0.25) is 15.0 Å². The van der Waals surface area contributed by atoms with Gasteiger partial charge in [0.1, 0.15) is 19.0 Å². The number of amides is 2. The van der Waals surface area contributed by atoms with E-state index < -0.39 is 18.0 Å². The molecule has 0 fully saturated rings. The quantitative estimate of drug-likeness (QED) is 0.762. The van der Waals surface area contributed by atoms with Crippen LogP contribution in [0.4, 0.5) is 0 Å². The molecule has 1 aromatic carbocycles. The van der Waals surface area contributed by atoms with Gasteiger partial charge in [0.2, 0.25) is 5.91 Å². The van der Waals surface area contributed by atoms with Crippen LogP contribution in [0, 0.1) is 22.7 Å². The summed E-state index contributed by atoms with van der Waals surface area (Å²) in [6.07, 6.45) is -0.837. The highest BCUT2D eigenvalue weighted by Gasteiger charge is 2.31. The molecular weight excluding hydrogens is 296 g/mol. The van der Waals surface area contributed by atoms with Crippen LogP contribution in [0.25, 0.3) is 0 Å². The number of nitrogens with zero attached hydrogens (tertiary/aromatic N) is 4. The van der Waals surface area contributed by atoms with Crippen molar-refractivity contribution in [3.63, 3.8) is 0 Å². The fourth-order valence-electron chi connectivity index (χ4n) is 2.09. The predicted molar refractivity (Wildman–Crippen MR) is 80.0 cm³/mol. The van der Waals surface area contributed by atoms with Crippen LogP contribution in [0.1, 0.15) is 24.8 Å². The number of rotatable bonds is 5. The van der Waals surface area contributed by atoms with E-state index in [1.165, 1.54) is 0 Å². The summed E-state index contributed by atoms with van der Waals surface area (Å²) in [6, 6.07) is 12.8. The Labute approximate surface area is 133 Å². The van der Waals surface area contributed by atoms with Gasteiger partial charge in [0.05, 0.1) is 17.9 Å². The molecule has 0 aromatic heterocycles. The number of nitrogens with one attached hydrogen (secondary N) is 2. The molecule has 1 atom stereocenters. The monoisotopic (exact) mass is 310 g/mol. The number of benzene rings is 1. The van der Waals surface area contributed by atoms with Crippen LogP contribution >= 0.6 is 0 Å². The number of hydrogen-bond donors (Lipinski definition) is 2. The molecule has 116 valence electrons. The zero-order valence-electron chi connectivity index (χ0n) is 12.2. The summed E-state index contributed by atoms with van der Waals surface area (Å²) in [4.78, 5) is 23.4. The van der Waals surface area contributed by atoms with E-state index in [9.17, 15) is 9.59 Å². The Morgan fingerprint density at radius 3 is 2.57 bits per heavy atom. The number of hydrazine groups is 1. The lowest BCUT2D eigenvalue weighted by Crippen LogP contribution is -2.51. The molecular formula is C15H14N6O2. The summed E-state index contributed by atoms with van der Waals surface area (Å²) in [6.45, 7) is 0. The zero-order valence-corrected chi connectivity index (χ0v) is 12.2. The second-order valence-corrected chi connectivity index (χ2v) is 4.73. The first-order valence-electron chi connectivity index (χ1n) is 6.89. The first-order chi connectivity index (χ1) is 11.2. The highest BCUT2D eigenvalue weighted by molar-refractivity contribution is 6.03. The van der Waals surface area contributed by atoms with Gasteiger partial charge in [-0.05, 0) is 5.56 Å². The third kappa shape index (κ3) is 4.13. The zero-order chi connectivity index (χ0) is 16.7. The summed E-state index contributed by atoms with van der Waals surface area (Å²) in [7, 11) is 0. The van der Waals surface area contributed by atoms with Crippen LogP contribution in [-0.2, 0) is 9.59 Å². The molecule has 1 aliphatic rings. The van der Waals surface area contributed by atoms with E-state index in [-0.39, 0.29) is 12.8 Å². The van der Waals surface area contributed by atoms with Gasteiger partial charge in [0, 0.05) is 6.42 Å². The van der Waals surface area contributed by atoms with Crippen molar-refractivity contribution < 1.29 is 9.59 Å². The number of hydrogen-bond acceptors (Lipinski definition) is 6. The minimum absolute atomic E-state index is 0.293. The van der Waals surface area contributed by atoms with Crippen molar-refractivity contribution in [3.8, 4) is 12.1 Å². The topological polar surface area (TPSA) is 121 Å². The third-order valence-corrected chi connectivity index (χ3v) is 3.12. The average molecular weight is 310 g/mol. The Morgan fingerprint density at radius 2 is 1.91 bits per heavy atom. The second kappa shape index (κ2) is 7.69. The normalized spacial score (nSPS) is 16.2. The van der Waals surface area contributed by atoms with Crippen molar-refractivity contribution >= 4 is 17.5 Å². The molecule has 23 heavy (non-hydrogen) atoms. The van der Waals surface area contributed by atoms with Crippen molar-refractivity contribution in [3.05, 3.63) is 35.9 Å². The summed E-state index contributed by atoms with van der Waals surface area (Å²) < 4.78 is 0. The minimum Gasteiger partial charge on any atom is -0.289 e. The second-order valence-electron chi connectivity index (χ2n) is 4.73. The van der Waals surface area contributed by atoms with Crippen molar-refractivity contribution in [2.75, 3.05) is 0 Å². The van der Waals surface area contributed by atoms with E-state index >= 15 is 0 Å². The lowest BCUT2D eigenvalue weighted by Gasteiger charge is -2.21. The Kier molecular flexibility index (Phi) is 5.40. The third-order valence-electron chi connectivity index (χ3n) is 3.12. The Hall–Kier alpha value is -3.23. The van der Waals surface area contributed by atoms with E-state index in [1.54, 1.807) is 12.1 Å². The van der Waals surface area contributed by atoms with Crippen molar-refractivity contribution in [2.45, 2.75) is 25.4 Å². The molecule has 2 amide bonds. The van der Waals surface area contributed by atoms with Gasteiger partial charge in [0.15, 0.2) is 0 Å². The summed E-state index contributed by atoms with van der Waals surface area (Å²) >= 11 is 0. The maximum atomic E-state index is 12.0. The largest absolute Gasteiger partial charge is 0.289 e. The molecule has 1 aliphatic heterocycles. The fraction of sp³-hybridized carbons (Fsp3) is 0.267. The predicted octanol–water partition coefficient (Wildman–Crippen LogP) is 0.397. The van der Waals surface area contributed by atoms with Gasteiger partial charge >= 0.3 is 0 Å². The van der Waals surface area contributed by atoms with Gasteiger partial charge in [0.25, 0.3) is 5.91 Å². The van der Waals surface area contributed by atoms with E-state index in [1.807, 2.05) is 30.3 Å². The summed E-state index contributed by atoms with van der Waals surface area (Å²) in [5.74, 6) is -0.973. The molecule has 8 heteroatoms. The highest BCUT2D eigenvalue weighted by atomic mass is 16.2.